The van der Waals surface area contributed by atoms with E-state index in [1.54, 1.807) is 19.2 Å². The summed E-state index contributed by atoms with van der Waals surface area (Å²) in [5, 5.41) is 0.513. The molecule has 0 aliphatic carbocycles. The van der Waals surface area contributed by atoms with Gasteiger partial charge in [0.15, 0.2) is 11.6 Å². The van der Waals surface area contributed by atoms with E-state index in [2.05, 4.69) is 0 Å². The molecule has 0 saturated heterocycles. The summed E-state index contributed by atoms with van der Waals surface area (Å²) in [6, 6.07) is 3.44. The van der Waals surface area contributed by atoms with Crippen LogP contribution >= 0.6 is 0 Å². The number of rotatable bonds is 3. The fraction of sp³-hybridized carbons (Fsp3) is 0.357. The van der Waals surface area contributed by atoms with Crippen LogP contribution in [0.1, 0.15) is 18.6 Å². The third-order valence-electron chi connectivity index (χ3n) is 3.49. The highest BCUT2D eigenvalue weighted by molar-refractivity contribution is 5.94. The van der Waals surface area contributed by atoms with Crippen molar-refractivity contribution in [1.82, 2.24) is 9.47 Å². The predicted molar refractivity (Wildman–Crippen MR) is 70.2 cm³/mol. The highest BCUT2D eigenvalue weighted by Crippen LogP contribution is 2.20. The lowest BCUT2D eigenvalue weighted by Gasteiger charge is -2.22. The van der Waals surface area contributed by atoms with Crippen molar-refractivity contribution < 1.29 is 13.6 Å². The van der Waals surface area contributed by atoms with E-state index in [0.29, 0.717) is 10.9 Å². The Kier molecular flexibility index (Phi) is 3.66. The molecule has 0 aliphatic rings. The maximum atomic E-state index is 13.3. The maximum Gasteiger partial charge on any atom is 0.248 e. The molecular weight excluding hydrogens is 250 g/mol. The molecule has 0 bridgehead atoms. The Morgan fingerprint density at radius 3 is 2.63 bits per heavy atom. The van der Waals surface area contributed by atoms with Crippen molar-refractivity contribution in [3.05, 3.63) is 36.0 Å². The second-order valence-electron chi connectivity index (χ2n) is 4.60. The van der Waals surface area contributed by atoms with Gasteiger partial charge in [0, 0.05) is 17.6 Å². The molecule has 2 aromatic rings. The fourth-order valence-electron chi connectivity index (χ4n) is 1.98. The molecule has 0 radical (unpaired) electrons. The first-order valence-corrected chi connectivity index (χ1v) is 6.16. The van der Waals surface area contributed by atoms with Crippen molar-refractivity contribution in [2.45, 2.75) is 19.9 Å². The molecule has 1 heterocycles. The molecule has 3 nitrogen and oxygen atoms in total. The molecule has 0 amide bonds. The number of aromatic nitrogens is 1. The average molecular weight is 266 g/mol. The van der Waals surface area contributed by atoms with Crippen molar-refractivity contribution in [2.24, 2.45) is 0 Å². The molecule has 2 rings (SSSR count). The van der Waals surface area contributed by atoms with Gasteiger partial charge in [0.05, 0.1) is 11.6 Å². The largest absolute Gasteiger partial charge is 0.296 e. The molecule has 0 spiro atoms. The molecule has 1 aromatic carbocycles. The summed E-state index contributed by atoms with van der Waals surface area (Å²) >= 11 is 0. The quantitative estimate of drug-likeness (QED) is 0.853. The van der Waals surface area contributed by atoms with Crippen LogP contribution in [0.3, 0.4) is 0 Å². The Hall–Kier alpha value is -1.75. The number of nitrogens with zero attached hydrogens (tertiary/aromatic N) is 2. The van der Waals surface area contributed by atoms with Gasteiger partial charge in [-0.2, -0.15) is 0 Å². The number of fused-ring (bicyclic) bond motifs is 1. The summed E-state index contributed by atoms with van der Waals surface area (Å²) in [7, 11) is 1.84. The summed E-state index contributed by atoms with van der Waals surface area (Å²) < 4.78 is 27.8. The van der Waals surface area contributed by atoms with E-state index in [1.165, 1.54) is 4.57 Å². The van der Waals surface area contributed by atoms with Gasteiger partial charge in [0.25, 0.3) is 0 Å². The number of hydrogen-bond donors (Lipinski definition) is 0. The number of hydrogen-bond acceptors (Lipinski definition) is 2. The Morgan fingerprint density at radius 1 is 1.37 bits per heavy atom. The zero-order valence-corrected chi connectivity index (χ0v) is 11.2. The van der Waals surface area contributed by atoms with Gasteiger partial charge in [-0.15, -0.1) is 0 Å². The van der Waals surface area contributed by atoms with Crippen LogP contribution in [0.5, 0.6) is 0 Å². The Morgan fingerprint density at radius 2 is 2.00 bits per heavy atom. The molecule has 1 atom stereocenters. The Labute approximate surface area is 110 Å². The average Bonchev–Trinajstić information content (AvgIpc) is 2.79. The summed E-state index contributed by atoms with van der Waals surface area (Å²) in [4.78, 5) is 14.2. The summed E-state index contributed by atoms with van der Waals surface area (Å²) in [6.45, 7) is 4.47. The minimum atomic E-state index is -0.947. The van der Waals surface area contributed by atoms with Gasteiger partial charge in [-0.25, -0.2) is 8.78 Å². The van der Waals surface area contributed by atoms with Gasteiger partial charge in [-0.05, 0) is 32.6 Å². The van der Waals surface area contributed by atoms with E-state index in [0.717, 1.165) is 18.7 Å². The Bertz CT molecular complexity index is 621. The van der Waals surface area contributed by atoms with Crippen LogP contribution in [-0.2, 0) is 0 Å². The maximum absolute atomic E-state index is 13.3. The summed E-state index contributed by atoms with van der Waals surface area (Å²) in [5.74, 6) is -2.02. The van der Waals surface area contributed by atoms with E-state index in [4.69, 9.17) is 0 Å². The third-order valence-corrected chi connectivity index (χ3v) is 3.49. The topological polar surface area (TPSA) is 25.2 Å². The lowest BCUT2D eigenvalue weighted by Crippen LogP contribution is -2.38. The molecule has 1 unspecified atom stereocenters. The summed E-state index contributed by atoms with van der Waals surface area (Å²) in [5.41, 5.74) is 0.389. The van der Waals surface area contributed by atoms with E-state index >= 15 is 0 Å². The fourth-order valence-corrected chi connectivity index (χ4v) is 1.98. The van der Waals surface area contributed by atoms with Gasteiger partial charge in [0.1, 0.15) is 0 Å². The zero-order chi connectivity index (χ0) is 14.2. The molecule has 0 saturated carbocycles. The minimum Gasteiger partial charge on any atom is -0.296 e. The van der Waals surface area contributed by atoms with Crippen LogP contribution in [0.2, 0.25) is 0 Å². The van der Waals surface area contributed by atoms with Crippen molar-refractivity contribution in [3.63, 3.8) is 0 Å². The molecule has 19 heavy (non-hydrogen) atoms. The number of benzene rings is 1. The summed E-state index contributed by atoms with van der Waals surface area (Å²) in [6.07, 6.45) is 1.55. The van der Waals surface area contributed by atoms with Crippen molar-refractivity contribution in [1.29, 1.82) is 0 Å². The first kappa shape index (κ1) is 13.7. The SMILES string of the molecule is CCN(C)C(C)C(=O)n1ccc2cc(F)c(F)cc21. The lowest BCUT2D eigenvalue weighted by molar-refractivity contribution is 0.0792. The highest BCUT2D eigenvalue weighted by Gasteiger charge is 2.20. The van der Waals surface area contributed by atoms with Crippen molar-refractivity contribution in [2.75, 3.05) is 13.6 Å². The van der Waals surface area contributed by atoms with Gasteiger partial charge in [-0.3, -0.25) is 14.3 Å². The van der Waals surface area contributed by atoms with E-state index in [9.17, 15) is 13.6 Å². The smallest absolute Gasteiger partial charge is 0.248 e. The van der Waals surface area contributed by atoms with Crippen LogP contribution in [0.15, 0.2) is 24.4 Å². The van der Waals surface area contributed by atoms with Crippen LogP contribution in [0.25, 0.3) is 10.9 Å². The van der Waals surface area contributed by atoms with Crippen LogP contribution < -0.4 is 0 Å². The van der Waals surface area contributed by atoms with E-state index in [-0.39, 0.29) is 11.9 Å². The third kappa shape index (κ3) is 2.38. The van der Waals surface area contributed by atoms with E-state index < -0.39 is 11.6 Å². The standard InChI is InChI=1S/C14H16F2N2O/c1-4-17(3)9(2)14(19)18-6-5-10-7-11(15)12(16)8-13(10)18/h5-9H,4H2,1-3H3. The van der Waals surface area contributed by atoms with Crippen molar-refractivity contribution >= 4 is 16.8 Å². The first-order valence-electron chi connectivity index (χ1n) is 6.16. The monoisotopic (exact) mass is 266 g/mol. The van der Waals surface area contributed by atoms with Gasteiger partial charge in [0.2, 0.25) is 5.91 Å². The molecule has 0 aliphatic heterocycles. The molecule has 102 valence electrons. The molecule has 1 aromatic heterocycles. The number of carbonyl (C=O) groups excluding carboxylic acids is 1. The Balaban J connectivity index is 2.46. The molecule has 5 heteroatoms. The second kappa shape index (κ2) is 5.09. The molecular formula is C14H16F2N2O. The molecule has 0 N–H and O–H groups in total. The molecule has 0 fully saturated rings. The predicted octanol–water partition coefficient (Wildman–Crippen LogP) is 2.90. The van der Waals surface area contributed by atoms with Gasteiger partial charge in [-0.1, -0.05) is 6.92 Å². The van der Waals surface area contributed by atoms with Crippen LogP contribution in [0.4, 0.5) is 8.78 Å². The lowest BCUT2D eigenvalue weighted by atomic mass is 10.2. The van der Waals surface area contributed by atoms with Crippen molar-refractivity contribution in [3.8, 4) is 0 Å². The number of halogens is 2. The number of carbonyl (C=O) groups is 1. The van der Waals surface area contributed by atoms with Gasteiger partial charge >= 0.3 is 0 Å². The van der Waals surface area contributed by atoms with Crippen LogP contribution in [0, 0.1) is 11.6 Å². The number of likely N-dealkylation sites (N-methyl/N-ethyl adjacent to an activating group) is 1. The normalized spacial score (nSPS) is 13.2. The highest BCUT2D eigenvalue weighted by atomic mass is 19.2. The van der Waals surface area contributed by atoms with Gasteiger partial charge < -0.3 is 0 Å². The van der Waals surface area contributed by atoms with E-state index in [1.807, 2.05) is 18.9 Å². The minimum absolute atomic E-state index is 0.162. The van der Waals surface area contributed by atoms with Crippen LogP contribution in [-0.4, -0.2) is 35.0 Å². The second-order valence-corrected chi connectivity index (χ2v) is 4.60. The first-order chi connectivity index (χ1) is 8.95. The zero-order valence-electron chi connectivity index (χ0n) is 11.2.